The predicted octanol–water partition coefficient (Wildman–Crippen LogP) is 4.22. The Morgan fingerprint density at radius 1 is 1.17 bits per heavy atom. The molecule has 6 rings (SSSR count). The lowest BCUT2D eigenvalue weighted by Crippen LogP contribution is -2.52. The van der Waals surface area contributed by atoms with Crippen LogP contribution in [0.2, 0.25) is 0 Å². The van der Waals surface area contributed by atoms with Gasteiger partial charge in [-0.25, -0.2) is 24.9 Å². The van der Waals surface area contributed by atoms with E-state index in [9.17, 15) is 4.79 Å². The number of imidazole rings is 1. The Labute approximate surface area is 209 Å². The van der Waals surface area contributed by atoms with Crippen molar-refractivity contribution in [2.75, 3.05) is 5.32 Å². The molecule has 2 N–H and O–H groups in total. The monoisotopic (exact) mass is 482 g/mol. The summed E-state index contributed by atoms with van der Waals surface area (Å²) < 4.78 is 2.05. The van der Waals surface area contributed by atoms with E-state index in [2.05, 4.69) is 55.1 Å². The van der Waals surface area contributed by atoms with E-state index in [-0.39, 0.29) is 11.9 Å². The zero-order valence-electron chi connectivity index (χ0n) is 21.0. The molecule has 4 aromatic rings. The number of aryl methyl sites for hydroxylation is 2. The zero-order chi connectivity index (χ0) is 25.0. The van der Waals surface area contributed by atoms with Crippen LogP contribution in [0.3, 0.4) is 0 Å². The second-order valence-electron chi connectivity index (χ2n) is 10.1. The summed E-state index contributed by atoms with van der Waals surface area (Å²) >= 11 is 0. The third-order valence-corrected chi connectivity index (χ3v) is 7.79. The number of nitrogens with one attached hydrogen (secondary N) is 2. The Bertz CT molecular complexity index is 1470. The first-order valence-corrected chi connectivity index (χ1v) is 12.6. The number of nitrogens with zero attached hydrogens (tertiary/aromatic N) is 6. The molecule has 9 nitrogen and oxygen atoms in total. The third-order valence-electron chi connectivity index (χ3n) is 7.79. The number of benzene rings is 1. The Morgan fingerprint density at radius 3 is 2.64 bits per heavy atom. The van der Waals surface area contributed by atoms with Gasteiger partial charge in [-0.05, 0) is 58.6 Å². The molecule has 0 saturated heterocycles. The van der Waals surface area contributed by atoms with Crippen molar-refractivity contribution in [1.82, 2.24) is 34.8 Å². The molecule has 2 atom stereocenters. The fourth-order valence-corrected chi connectivity index (χ4v) is 5.42. The van der Waals surface area contributed by atoms with E-state index in [0.29, 0.717) is 23.8 Å². The Hall–Kier alpha value is -3.72. The quantitative estimate of drug-likeness (QED) is 0.423. The highest BCUT2D eigenvalue weighted by atomic mass is 16.2. The maximum atomic E-state index is 13.1. The largest absolute Gasteiger partial charge is 0.324 e. The number of amides is 1. The van der Waals surface area contributed by atoms with Gasteiger partial charge in [-0.1, -0.05) is 12.5 Å². The number of hydrogen-bond acceptors (Lipinski definition) is 7. The van der Waals surface area contributed by atoms with Gasteiger partial charge in [-0.3, -0.25) is 10.1 Å². The average molecular weight is 483 g/mol. The molecule has 1 fully saturated rings. The van der Waals surface area contributed by atoms with Crippen molar-refractivity contribution in [3.05, 3.63) is 48.3 Å². The van der Waals surface area contributed by atoms with E-state index in [1.807, 2.05) is 26.0 Å². The van der Waals surface area contributed by atoms with E-state index < -0.39 is 5.54 Å². The number of carbonyl (C=O) groups excluding carboxylic acids is 1. The molecule has 2 aliphatic rings. The molecule has 1 amide bonds. The maximum absolute atomic E-state index is 13.1. The summed E-state index contributed by atoms with van der Waals surface area (Å²) in [5.41, 5.74) is 4.90. The lowest BCUT2D eigenvalue weighted by molar-refractivity contribution is -0.121. The summed E-state index contributed by atoms with van der Waals surface area (Å²) in [6, 6.07) is 6.27. The third kappa shape index (κ3) is 3.49. The lowest BCUT2D eigenvalue weighted by atomic mass is 9.79. The Kier molecular flexibility index (Phi) is 5.33. The molecule has 1 aliphatic carbocycles. The van der Waals surface area contributed by atoms with Gasteiger partial charge in [0.2, 0.25) is 5.91 Å². The maximum Gasteiger partial charge on any atom is 0.249 e. The summed E-state index contributed by atoms with van der Waals surface area (Å²) in [5, 5.41) is 6.71. The van der Waals surface area contributed by atoms with Crippen LogP contribution >= 0.6 is 0 Å². The fourth-order valence-electron chi connectivity index (χ4n) is 5.42. The normalized spacial score (nSPS) is 20.3. The fraction of sp³-hybridized carbons (Fsp3) is 0.407. The van der Waals surface area contributed by atoms with Gasteiger partial charge < -0.3 is 9.88 Å². The smallest absolute Gasteiger partial charge is 0.249 e. The average Bonchev–Trinajstić information content (AvgIpc) is 3.32. The van der Waals surface area contributed by atoms with Crippen LogP contribution < -0.4 is 10.6 Å². The van der Waals surface area contributed by atoms with E-state index in [4.69, 9.17) is 4.98 Å². The van der Waals surface area contributed by atoms with Gasteiger partial charge in [-0.15, -0.1) is 0 Å². The van der Waals surface area contributed by atoms with Gasteiger partial charge in [0.05, 0.1) is 5.56 Å². The number of carbonyl (C=O) groups is 1. The van der Waals surface area contributed by atoms with E-state index >= 15 is 0 Å². The number of anilines is 1. The number of aromatic nitrogens is 6. The first kappa shape index (κ1) is 22.7. The highest BCUT2D eigenvalue weighted by molar-refractivity contribution is 6.06. The number of fused-ring (bicyclic) bond motifs is 2. The van der Waals surface area contributed by atoms with Crippen molar-refractivity contribution < 1.29 is 4.79 Å². The highest BCUT2D eigenvalue weighted by Crippen LogP contribution is 2.41. The Balaban J connectivity index is 1.45. The molecule has 36 heavy (non-hydrogen) atoms. The molecule has 0 bridgehead atoms. The standard InChI is InChI=1S/C27H30N8O/c1-5-35-24(19-12-28-16(3)29-13-19)33-23-22(30-14-31-25(23)35)18-9-10-21-20(11-18)27(4,26(36)32-21)34-15(2)17-7-6-8-17/h9-15,17,34H,5-8H2,1-4H3,(H,32,36)/t15-,27+/m1/s1. The molecule has 1 aromatic carbocycles. The molecule has 9 heteroatoms. The van der Waals surface area contributed by atoms with Crippen molar-refractivity contribution >= 4 is 22.8 Å². The van der Waals surface area contributed by atoms with Crippen molar-refractivity contribution in [1.29, 1.82) is 0 Å². The molecule has 1 saturated carbocycles. The van der Waals surface area contributed by atoms with Crippen molar-refractivity contribution in [3.63, 3.8) is 0 Å². The highest BCUT2D eigenvalue weighted by Gasteiger charge is 2.45. The zero-order valence-corrected chi connectivity index (χ0v) is 21.0. The van der Waals surface area contributed by atoms with Crippen LogP contribution in [0.1, 0.15) is 51.4 Å². The van der Waals surface area contributed by atoms with Crippen LogP contribution in [-0.2, 0) is 16.9 Å². The van der Waals surface area contributed by atoms with Crippen LogP contribution in [-0.4, -0.2) is 41.4 Å². The van der Waals surface area contributed by atoms with Gasteiger partial charge in [0.1, 0.15) is 34.7 Å². The molecule has 4 heterocycles. The minimum absolute atomic E-state index is 0.0226. The molecule has 0 unspecified atom stereocenters. The van der Waals surface area contributed by atoms with Crippen molar-refractivity contribution in [2.24, 2.45) is 5.92 Å². The van der Waals surface area contributed by atoms with Crippen LogP contribution in [0, 0.1) is 12.8 Å². The van der Waals surface area contributed by atoms with Crippen molar-refractivity contribution in [2.45, 2.75) is 65.1 Å². The number of hydrogen-bond donors (Lipinski definition) is 2. The first-order valence-electron chi connectivity index (χ1n) is 12.6. The second-order valence-corrected chi connectivity index (χ2v) is 10.1. The Morgan fingerprint density at radius 2 is 1.94 bits per heavy atom. The molecule has 0 spiro atoms. The first-order chi connectivity index (χ1) is 17.4. The molecular formula is C27H30N8O. The van der Waals surface area contributed by atoms with E-state index in [0.717, 1.165) is 39.5 Å². The van der Waals surface area contributed by atoms with Crippen LogP contribution in [0.4, 0.5) is 5.69 Å². The summed E-state index contributed by atoms with van der Waals surface area (Å²) in [6.45, 7) is 8.78. The lowest BCUT2D eigenvalue weighted by Gasteiger charge is -2.37. The van der Waals surface area contributed by atoms with Gasteiger partial charge in [0, 0.05) is 41.8 Å². The summed E-state index contributed by atoms with van der Waals surface area (Å²) in [6.07, 6.45) is 8.85. The van der Waals surface area contributed by atoms with E-state index in [1.165, 1.54) is 19.3 Å². The van der Waals surface area contributed by atoms with Gasteiger partial charge in [-0.2, -0.15) is 0 Å². The van der Waals surface area contributed by atoms with Gasteiger partial charge in [0.15, 0.2) is 5.65 Å². The molecule has 184 valence electrons. The summed E-state index contributed by atoms with van der Waals surface area (Å²) in [7, 11) is 0. The minimum Gasteiger partial charge on any atom is -0.324 e. The van der Waals surface area contributed by atoms with E-state index in [1.54, 1.807) is 18.7 Å². The molecule has 1 aliphatic heterocycles. The second kappa shape index (κ2) is 8.44. The summed E-state index contributed by atoms with van der Waals surface area (Å²) in [4.78, 5) is 36.0. The minimum atomic E-state index is -0.806. The topological polar surface area (TPSA) is 111 Å². The van der Waals surface area contributed by atoms with Crippen LogP contribution in [0.25, 0.3) is 33.8 Å². The predicted molar refractivity (Wildman–Crippen MR) is 138 cm³/mol. The van der Waals surface area contributed by atoms with Crippen LogP contribution in [0.5, 0.6) is 0 Å². The molecule has 0 radical (unpaired) electrons. The SMILES string of the molecule is CCn1c(-c2cnc(C)nc2)nc2c(-c3ccc4c(c3)[C@](C)(N[C@H](C)C3CCC3)C(=O)N4)ncnc21. The van der Waals surface area contributed by atoms with Crippen LogP contribution in [0.15, 0.2) is 36.9 Å². The summed E-state index contributed by atoms with van der Waals surface area (Å²) in [5.74, 6) is 2.06. The van der Waals surface area contributed by atoms with Gasteiger partial charge >= 0.3 is 0 Å². The van der Waals surface area contributed by atoms with Crippen molar-refractivity contribution in [3.8, 4) is 22.6 Å². The van der Waals surface area contributed by atoms with Gasteiger partial charge in [0.25, 0.3) is 0 Å². The molecule has 3 aromatic heterocycles. The molecular weight excluding hydrogens is 452 g/mol. The number of rotatable bonds is 6.